The standard InChI is InChI=1S/C23H28N4O2S/c1-16(2)14-19(17-10-6-5-7-11-17)24-21(28)15-30-23-26-25-22(27(23)3)18-12-8-9-13-20(18)29-4/h5-13,16,19H,14-15H2,1-4H3,(H,24,28)/t19-/m0/s1. The monoisotopic (exact) mass is 424 g/mol. The molecule has 6 nitrogen and oxygen atoms in total. The minimum atomic E-state index is -0.0173. The quantitative estimate of drug-likeness (QED) is 0.513. The van der Waals surface area contributed by atoms with Crippen LogP contribution in [0.3, 0.4) is 0 Å². The molecule has 30 heavy (non-hydrogen) atoms. The van der Waals surface area contributed by atoms with Gasteiger partial charge >= 0.3 is 0 Å². The first-order chi connectivity index (χ1) is 14.5. The van der Waals surface area contributed by atoms with Crippen LogP contribution in [0.4, 0.5) is 0 Å². The number of hydrogen-bond donors (Lipinski definition) is 1. The zero-order valence-corrected chi connectivity index (χ0v) is 18.6. The van der Waals surface area contributed by atoms with Crippen LogP contribution in [0.1, 0.15) is 31.9 Å². The summed E-state index contributed by atoms with van der Waals surface area (Å²) in [6.45, 7) is 4.32. The molecule has 0 aliphatic rings. The van der Waals surface area contributed by atoms with Crippen molar-refractivity contribution in [1.82, 2.24) is 20.1 Å². The van der Waals surface area contributed by atoms with Crippen LogP contribution in [0, 0.1) is 5.92 Å². The summed E-state index contributed by atoms with van der Waals surface area (Å²) in [6.07, 6.45) is 0.891. The first kappa shape index (κ1) is 21.9. The Labute approximate surface area is 182 Å². The summed E-state index contributed by atoms with van der Waals surface area (Å²) in [5.41, 5.74) is 1.99. The fraction of sp³-hybridized carbons (Fsp3) is 0.348. The van der Waals surface area contributed by atoms with E-state index < -0.39 is 0 Å². The molecule has 0 aliphatic heterocycles. The topological polar surface area (TPSA) is 69.0 Å². The number of carbonyl (C=O) groups is 1. The number of ether oxygens (including phenoxy) is 1. The van der Waals surface area contributed by atoms with Crippen LogP contribution in [-0.4, -0.2) is 33.5 Å². The number of carbonyl (C=O) groups excluding carboxylic acids is 1. The Hall–Kier alpha value is -2.80. The lowest BCUT2D eigenvalue weighted by atomic mass is 9.97. The summed E-state index contributed by atoms with van der Waals surface area (Å²) in [6, 6.07) is 17.8. The van der Waals surface area contributed by atoms with E-state index in [9.17, 15) is 4.79 Å². The molecule has 158 valence electrons. The third-order valence-corrected chi connectivity index (χ3v) is 5.78. The normalized spacial score (nSPS) is 12.0. The van der Waals surface area contributed by atoms with Crippen molar-refractivity contribution >= 4 is 17.7 Å². The maximum absolute atomic E-state index is 12.7. The van der Waals surface area contributed by atoms with Crippen molar-refractivity contribution < 1.29 is 9.53 Å². The van der Waals surface area contributed by atoms with Gasteiger partial charge in [0, 0.05) is 7.05 Å². The number of amides is 1. The van der Waals surface area contributed by atoms with E-state index in [-0.39, 0.29) is 17.7 Å². The molecule has 2 aromatic carbocycles. The molecule has 0 spiro atoms. The summed E-state index contributed by atoms with van der Waals surface area (Å²) >= 11 is 1.38. The van der Waals surface area contributed by atoms with Gasteiger partial charge in [-0.1, -0.05) is 68.1 Å². The summed E-state index contributed by atoms with van der Waals surface area (Å²) < 4.78 is 7.32. The van der Waals surface area contributed by atoms with Crippen molar-refractivity contribution in [2.75, 3.05) is 12.9 Å². The molecule has 0 saturated heterocycles. The number of thioether (sulfide) groups is 1. The van der Waals surface area contributed by atoms with Gasteiger partial charge in [-0.25, -0.2) is 0 Å². The molecule has 3 rings (SSSR count). The van der Waals surface area contributed by atoms with Gasteiger partial charge in [-0.2, -0.15) is 0 Å². The number of methoxy groups -OCH3 is 1. The highest BCUT2D eigenvalue weighted by molar-refractivity contribution is 7.99. The molecule has 1 amide bonds. The SMILES string of the molecule is COc1ccccc1-c1nnc(SCC(=O)N[C@@H](CC(C)C)c2ccccc2)n1C. The number of benzene rings is 2. The van der Waals surface area contributed by atoms with Crippen LogP contribution >= 0.6 is 11.8 Å². The number of hydrogen-bond acceptors (Lipinski definition) is 5. The van der Waals surface area contributed by atoms with Crippen molar-refractivity contribution in [2.24, 2.45) is 13.0 Å². The van der Waals surface area contributed by atoms with E-state index in [1.54, 1.807) is 7.11 Å². The average molecular weight is 425 g/mol. The van der Waals surface area contributed by atoms with Crippen LogP contribution in [0.2, 0.25) is 0 Å². The smallest absolute Gasteiger partial charge is 0.230 e. The van der Waals surface area contributed by atoms with Crippen molar-refractivity contribution in [3.63, 3.8) is 0 Å². The largest absolute Gasteiger partial charge is 0.496 e. The lowest BCUT2D eigenvalue weighted by Gasteiger charge is -2.21. The van der Waals surface area contributed by atoms with Gasteiger partial charge < -0.3 is 14.6 Å². The van der Waals surface area contributed by atoms with Gasteiger partial charge in [-0.15, -0.1) is 10.2 Å². The molecule has 0 aliphatic carbocycles. The van der Waals surface area contributed by atoms with Crippen molar-refractivity contribution in [1.29, 1.82) is 0 Å². The average Bonchev–Trinajstić information content (AvgIpc) is 3.12. The molecule has 0 unspecified atom stereocenters. The first-order valence-corrected chi connectivity index (χ1v) is 11.0. The molecule has 1 atom stereocenters. The molecule has 1 aromatic heterocycles. The predicted molar refractivity (Wildman–Crippen MR) is 120 cm³/mol. The van der Waals surface area contributed by atoms with E-state index in [0.717, 1.165) is 23.3 Å². The summed E-state index contributed by atoms with van der Waals surface area (Å²) in [7, 11) is 3.53. The summed E-state index contributed by atoms with van der Waals surface area (Å²) in [5.74, 6) is 2.18. The highest BCUT2D eigenvalue weighted by Crippen LogP contribution is 2.30. The Balaban J connectivity index is 1.66. The van der Waals surface area contributed by atoms with Crippen LogP contribution in [0.25, 0.3) is 11.4 Å². The maximum atomic E-state index is 12.7. The second-order valence-corrected chi connectivity index (χ2v) is 8.46. The van der Waals surface area contributed by atoms with Crippen molar-refractivity contribution in [3.8, 4) is 17.1 Å². The van der Waals surface area contributed by atoms with Crippen LogP contribution < -0.4 is 10.1 Å². The molecular weight excluding hydrogens is 396 g/mol. The number of nitrogens with one attached hydrogen (secondary N) is 1. The highest BCUT2D eigenvalue weighted by atomic mass is 32.2. The fourth-order valence-electron chi connectivity index (χ4n) is 3.31. The van der Waals surface area contributed by atoms with Crippen molar-refractivity contribution in [2.45, 2.75) is 31.5 Å². The minimum Gasteiger partial charge on any atom is -0.496 e. The third-order valence-electron chi connectivity index (χ3n) is 4.76. The predicted octanol–water partition coefficient (Wildman–Crippen LogP) is 4.49. The van der Waals surface area contributed by atoms with Gasteiger partial charge in [0.2, 0.25) is 5.91 Å². The Bertz CT molecular complexity index is 972. The number of rotatable bonds is 9. The molecule has 3 aromatic rings. The van der Waals surface area contributed by atoms with E-state index in [1.165, 1.54) is 11.8 Å². The van der Waals surface area contributed by atoms with Gasteiger partial charge in [0.1, 0.15) is 5.75 Å². The second kappa shape index (κ2) is 10.3. The molecule has 0 fully saturated rings. The van der Waals surface area contributed by atoms with Gasteiger partial charge in [0.15, 0.2) is 11.0 Å². The summed E-state index contributed by atoms with van der Waals surface area (Å²) in [4.78, 5) is 12.7. The van der Waals surface area contributed by atoms with Crippen molar-refractivity contribution in [3.05, 3.63) is 60.2 Å². The molecule has 7 heteroatoms. The van der Waals surface area contributed by atoms with Crippen LogP contribution in [0.15, 0.2) is 59.8 Å². The van der Waals surface area contributed by atoms with Crippen LogP contribution in [0.5, 0.6) is 5.75 Å². The zero-order chi connectivity index (χ0) is 21.5. The molecule has 0 saturated carbocycles. The molecule has 0 bridgehead atoms. The fourth-order valence-corrected chi connectivity index (χ4v) is 4.03. The molecule has 1 N–H and O–H groups in total. The van der Waals surface area contributed by atoms with E-state index in [1.807, 2.05) is 54.1 Å². The molecular formula is C23H28N4O2S. The Morgan fingerprint density at radius 1 is 1.10 bits per heavy atom. The third kappa shape index (κ3) is 5.42. The number of aromatic nitrogens is 3. The maximum Gasteiger partial charge on any atom is 0.230 e. The minimum absolute atomic E-state index is 0.00272. The lowest BCUT2D eigenvalue weighted by Crippen LogP contribution is -2.31. The van der Waals surface area contributed by atoms with Gasteiger partial charge in [-0.3, -0.25) is 4.79 Å². The van der Waals surface area contributed by atoms with E-state index in [4.69, 9.17) is 4.74 Å². The van der Waals surface area contributed by atoms with E-state index in [0.29, 0.717) is 16.9 Å². The molecule has 0 radical (unpaired) electrons. The molecule has 1 heterocycles. The Morgan fingerprint density at radius 2 is 1.80 bits per heavy atom. The number of para-hydroxylation sites is 1. The Kier molecular flexibility index (Phi) is 7.52. The van der Waals surface area contributed by atoms with Gasteiger partial charge in [0.05, 0.1) is 24.5 Å². The zero-order valence-electron chi connectivity index (χ0n) is 17.8. The Morgan fingerprint density at radius 3 is 2.50 bits per heavy atom. The van der Waals surface area contributed by atoms with Crippen LogP contribution in [-0.2, 0) is 11.8 Å². The highest BCUT2D eigenvalue weighted by Gasteiger charge is 2.18. The first-order valence-electron chi connectivity index (χ1n) is 9.99. The van der Waals surface area contributed by atoms with E-state index in [2.05, 4.69) is 41.5 Å². The number of nitrogens with zero attached hydrogens (tertiary/aromatic N) is 3. The van der Waals surface area contributed by atoms with Gasteiger partial charge in [-0.05, 0) is 30.0 Å². The second-order valence-electron chi connectivity index (χ2n) is 7.51. The van der Waals surface area contributed by atoms with Gasteiger partial charge in [0.25, 0.3) is 0 Å². The van der Waals surface area contributed by atoms with E-state index >= 15 is 0 Å². The summed E-state index contributed by atoms with van der Waals surface area (Å²) in [5, 5.41) is 12.4. The lowest BCUT2D eigenvalue weighted by molar-refractivity contribution is -0.119.